The Kier molecular flexibility index (Phi) is 4.21. The van der Waals surface area contributed by atoms with Gasteiger partial charge in [-0.3, -0.25) is 9.78 Å². The molecule has 0 saturated heterocycles. The minimum absolute atomic E-state index is 0.242. The van der Waals surface area contributed by atoms with Gasteiger partial charge in [-0.25, -0.2) is 0 Å². The average molecular weight is 311 g/mol. The molecule has 1 heterocycles. The molecule has 106 valence electrons. The van der Waals surface area contributed by atoms with E-state index in [9.17, 15) is 4.79 Å². The number of nitrogens with zero attached hydrogens (tertiary/aromatic N) is 1. The highest BCUT2D eigenvalue weighted by atomic mass is 35.5. The SMILES string of the molecule is CC(C)(C)NC(=O)C(Cl)c1ccc(Cl)c2cccnc12. The van der Waals surface area contributed by atoms with Gasteiger partial charge in [-0.1, -0.05) is 17.7 Å². The van der Waals surface area contributed by atoms with Gasteiger partial charge in [0.25, 0.3) is 0 Å². The van der Waals surface area contributed by atoms with E-state index in [0.29, 0.717) is 16.1 Å². The predicted octanol–water partition coefficient (Wildman–Crippen LogP) is 4.08. The van der Waals surface area contributed by atoms with Gasteiger partial charge in [0.1, 0.15) is 5.38 Å². The largest absolute Gasteiger partial charge is 0.350 e. The van der Waals surface area contributed by atoms with Crippen molar-refractivity contribution in [1.29, 1.82) is 0 Å². The van der Waals surface area contributed by atoms with Crippen molar-refractivity contribution >= 4 is 40.0 Å². The Morgan fingerprint density at radius 3 is 2.65 bits per heavy atom. The smallest absolute Gasteiger partial charge is 0.243 e. The molecule has 3 nitrogen and oxygen atoms in total. The third kappa shape index (κ3) is 3.22. The molecule has 1 atom stereocenters. The van der Waals surface area contributed by atoms with Crippen molar-refractivity contribution in [3.63, 3.8) is 0 Å². The number of nitrogens with one attached hydrogen (secondary N) is 1. The lowest BCUT2D eigenvalue weighted by molar-refractivity contribution is -0.122. The maximum Gasteiger partial charge on any atom is 0.243 e. The molecule has 0 aliphatic rings. The summed E-state index contributed by atoms with van der Waals surface area (Å²) in [5.74, 6) is -0.242. The minimum atomic E-state index is -0.802. The van der Waals surface area contributed by atoms with Crippen molar-refractivity contribution in [3.8, 4) is 0 Å². The van der Waals surface area contributed by atoms with Crippen LogP contribution in [0.2, 0.25) is 5.02 Å². The number of hydrogen-bond donors (Lipinski definition) is 1. The maximum atomic E-state index is 12.2. The van der Waals surface area contributed by atoms with E-state index in [4.69, 9.17) is 23.2 Å². The van der Waals surface area contributed by atoms with E-state index in [2.05, 4.69) is 10.3 Å². The number of alkyl halides is 1. The van der Waals surface area contributed by atoms with E-state index < -0.39 is 5.38 Å². The Balaban J connectivity index is 2.43. The molecular formula is C15H16Cl2N2O. The number of aromatic nitrogens is 1. The van der Waals surface area contributed by atoms with Crippen LogP contribution in [-0.4, -0.2) is 16.4 Å². The third-order valence-corrected chi connectivity index (χ3v) is 3.51. The summed E-state index contributed by atoms with van der Waals surface area (Å²) in [5, 5.41) is 3.45. The highest BCUT2D eigenvalue weighted by molar-refractivity contribution is 6.36. The maximum absolute atomic E-state index is 12.2. The van der Waals surface area contributed by atoms with E-state index in [1.165, 1.54) is 0 Å². The van der Waals surface area contributed by atoms with Crippen LogP contribution in [0.15, 0.2) is 30.5 Å². The summed E-state index contributed by atoms with van der Waals surface area (Å²) >= 11 is 12.4. The first kappa shape index (κ1) is 15.1. The zero-order chi connectivity index (χ0) is 14.9. The van der Waals surface area contributed by atoms with Crippen LogP contribution >= 0.6 is 23.2 Å². The Morgan fingerprint density at radius 1 is 1.30 bits per heavy atom. The number of hydrogen-bond acceptors (Lipinski definition) is 2. The molecular weight excluding hydrogens is 295 g/mol. The van der Waals surface area contributed by atoms with Crippen molar-refractivity contribution in [1.82, 2.24) is 10.3 Å². The second-order valence-corrected chi connectivity index (χ2v) is 6.48. The zero-order valence-corrected chi connectivity index (χ0v) is 13.1. The first-order valence-electron chi connectivity index (χ1n) is 6.29. The minimum Gasteiger partial charge on any atom is -0.350 e. The highest BCUT2D eigenvalue weighted by Crippen LogP contribution is 2.31. The fourth-order valence-electron chi connectivity index (χ4n) is 1.94. The second kappa shape index (κ2) is 5.58. The van der Waals surface area contributed by atoms with E-state index >= 15 is 0 Å². The van der Waals surface area contributed by atoms with Crippen LogP contribution in [0, 0.1) is 0 Å². The Bertz CT molecular complexity index is 650. The first-order valence-corrected chi connectivity index (χ1v) is 7.10. The van der Waals surface area contributed by atoms with E-state index in [1.807, 2.05) is 26.8 Å². The summed E-state index contributed by atoms with van der Waals surface area (Å²) in [5.41, 5.74) is 0.984. The summed E-state index contributed by atoms with van der Waals surface area (Å²) in [6.45, 7) is 5.73. The molecule has 0 aliphatic carbocycles. The van der Waals surface area contributed by atoms with E-state index in [0.717, 1.165) is 5.39 Å². The van der Waals surface area contributed by atoms with E-state index in [-0.39, 0.29) is 11.4 Å². The van der Waals surface area contributed by atoms with Crippen molar-refractivity contribution in [2.75, 3.05) is 0 Å². The molecule has 0 fully saturated rings. The van der Waals surface area contributed by atoms with Gasteiger partial charge in [0, 0.05) is 27.7 Å². The lowest BCUT2D eigenvalue weighted by atomic mass is 10.0. The average Bonchev–Trinajstić information content (AvgIpc) is 2.37. The van der Waals surface area contributed by atoms with Gasteiger partial charge in [-0.2, -0.15) is 0 Å². The predicted molar refractivity (Wildman–Crippen MR) is 83.2 cm³/mol. The normalized spacial score (nSPS) is 13.2. The molecule has 20 heavy (non-hydrogen) atoms. The van der Waals surface area contributed by atoms with Crippen LogP contribution in [0.1, 0.15) is 31.7 Å². The van der Waals surface area contributed by atoms with Crippen LogP contribution < -0.4 is 5.32 Å². The Morgan fingerprint density at radius 2 is 2.00 bits per heavy atom. The molecule has 1 aromatic carbocycles. The van der Waals surface area contributed by atoms with Gasteiger partial charge in [0.2, 0.25) is 5.91 Å². The van der Waals surface area contributed by atoms with Crippen molar-refractivity contribution in [3.05, 3.63) is 41.0 Å². The summed E-state index contributed by atoms with van der Waals surface area (Å²) in [6.07, 6.45) is 1.66. The highest BCUT2D eigenvalue weighted by Gasteiger charge is 2.24. The number of pyridine rings is 1. The third-order valence-electron chi connectivity index (χ3n) is 2.75. The second-order valence-electron chi connectivity index (χ2n) is 5.64. The van der Waals surface area contributed by atoms with Gasteiger partial charge in [-0.05, 0) is 39.0 Å². The van der Waals surface area contributed by atoms with Crippen LogP contribution in [0.3, 0.4) is 0 Å². The Labute approximate surface area is 128 Å². The molecule has 1 aromatic heterocycles. The monoisotopic (exact) mass is 310 g/mol. The van der Waals surface area contributed by atoms with Gasteiger partial charge in [0.05, 0.1) is 5.52 Å². The fraction of sp³-hybridized carbons (Fsp3) is 0.333. The van der Waals surface area contributed by atoms with Crippen LogP contribution in [-0.2, 0) is 4.79 Å². The molecule has 2 rings (SSSR count). The fourth-order valence-corrected chi connectivity index (χ4v) is 2.38. The number of carbonyl (C=O) groups excluding carboxylic acids is 1. The van der Waals surface area contributed by atoms with Gasteiger partial charge < -0.3 is 5.32 Å². The Hall–Kier alpha value is -1.32. The molecule has 1 amide bonds. The van der Waals surface area contributed by atoms with Crippen LogP contribution in [0.25, 0.3) is 10.9 Å². The lowest BCUT2D eigenvalue weighted by Gasteiger charge is -2.23. The molecule has 0 saturated carbocycles. The standard InChI is InChI=1S/C15H16Cl2N2O/c1-15(2,3)19-14(20)12(17)10-6-7-11(16)9-5-4-8-18-13(9)10/h4-8,12H,1-3H3,(H,19,20). The zero-order valence-electron chi connectivity index (χ0n) is 11.6. The molecule has 0 spiro atoms. The molecule has 1 N–H and O–H groups in total. The topological polar surface area (TPSA) is 42.0 Å². The molecule has 0 bridgehead atoms. The number of benzene rings is 1. The van der Waals surface area contributed by atoms with Crippen molar-refractivity contribution in [2.45, 2.75) is 31.7 Å². The number of rotatable bonds is 2. The van der Waals surface area contributed by atoms with E-state index in [1.54, 1.807) is 24.4 Å². The quantitative estimate of drug-likeness (QED) is 0.849. The van der Waals surface area contributed by atoms with Gasteiger partial charge in [-0.15, -0.1) is 11.6 Å². The van der Waals surface area contributed by atoms with Gasteiger partial charge >= 0.3 is 0 Å². The molecule has 5 heteroatoms. The summed E-state index contributed by atoms with van der Waals surface area (Å²) < 4.78 is 0. The van der Waals surface area contributed by atoms with Crippen molar-refractivity contribution in [2.24, 2.45) is 0 Å². The van der Waals surface area contributed by atoms with Crippen molar-refractivity contribution < 1.29 is 4.79 Å². The molecule has 2 aromatic rings. The number of amides is 1. The van der Waals surface area contributed by atoms with Crippen LogP contribution in [0.4, 0.5) is 0 Å². The lowest BCUT2D eigenvalue weighted by Crippen LogP contribution is -2.42. The molecule has 0 aliphatic heterocycles. The summed E-state index contributed by atoms with van der Waals surface area (Å²) in [7, 11) is 0. The molecule has 1 unspecified atom stereocenters. The summed E-state index contributed by atoms with van der Waals surface area (Å²) in [4.78, 5) is 16.5. The molecule has 0 radical (unpaired) electrons. The van der Waals surface area contributed by atoms with Crippen LogP contribution in [0.5, 0.6) is 0 Å². The summed E-state index contributed by atoms with van der Waals surface area (Å²) in [6, 6.07) is 7.15. The first-order chi connectivity index (χ1) is 9.29. The number of carbonyl (C=O) groups is 1. The van der Waals surface area contributed by atoms with Gasteiger partial charge in [0.15, 0.2) is 0 Å². The number of fused-ring (bicyclic) bond motifs is 1. The number of halogens is 2.